The van der Waals surface area contributed by atoms with Gasteiger partial charge in [-0.25, -0.2) is 0 Å². The van der Waals surface area contributed by atoms with E-state index in [2.05, 4.69) is 24.3 Å². The molecule has 1 aliphatic rings. The maximum absolute atomic E-state index is 10.9. The molecule has 0 aromatic heterocycles. The first-order chi connectivity index (χ1) is 8.20. The molecule has 2 rings (SSSR count). The number of benzene rings is 1. The molecule has 2 nitrogen and oxygen atoms in total. The predicted molar refractivity (Wildman–Crippen MR) is 74.0 cm³/mol. The van der Waals surface area contributed by atoms with Crippen molar-refractivity contribution in [2.45, 2.75) is 35.2 Å². The van der Waals surface area contributed by atoms with Crippen molar-refractivity contribution in [3.63, 3.8) is 0 Å². The van der Waals surface area contributed by atoms with E-state index in [1.165, 1.54) is 10.5 Å². The number of thioether (sulfide) groups is 2. The van der Waals surface area contributed by atoms with Gasteiger partial charge in [0.15, 0.2) is 0 Å². The Kier molecular flexibility index (Phi) is 4.40. The van der Waals surface area contributed by atoms with Gasteiger partial charge in [-0.1, -0.05) is 25.1 Å². The quantitative estimate of drug-likeness (QED) is 0.889. The Labute approximate surface area is 110 Å². The van der Waals surface area contributed by atoms with Crippen molar-refractivity contribution in [2.75, 3.05) is 5.75 Å². The van der Waals surface area contributed by atoms with Gasteiger partial charge in [0.25, 0.3) is 0 Å². The maximum Gasteiger partial charge on any atom is 0.316 e. The highest BCUT2D eigenvalue weighted by atomic mass is 32.2. The van der Waals surface area contributed by atoms with Gasteiger partial charge in [-0.05, 0) is 24.5 Å². The average molecular weight is 268 g/mol. The zero-order chi connectivity index (χ0) is 12.3. The van der Waals surface area contributed by atoms with Crippen LogP contribution in [-0.4, -0.2) is 27.3 Å². The van der Waals surface area contributed by atoms with Crippen molar-refractivity contribution in [1.82, 2.24) is 0 Å². The molecular weight excluding hydrogens is 252 g/mol. The lowest BCUT2D eigenvalue weighted by molar-refractivity contribution is -0.136. The lowest BCUT2D eigenvalue weighted by Crippen LogP contribution is -2.18. The van der Waals surface area contributed by atoms with Crippen LogP contribution in [0, 0.1) is 0 Å². The largest absolute Gasteiger partial charge is 0.480 e. The number of carbonyl (C=O) groups is 1. The maximum atomic E-state index is 10.9. The van der Waals surface area contributed by atoms with Crippen molar-refractivity contribution in [3.8, 4) is 0 Å². The molecule has 1 heterocycles. The molecule has 4 heteroatoms. The van der Waals surface area contributed by atoms with Gasteiger partial charge in [0.05, 0.1) is 0 Å². The van der Waals surface area contributed by atoms with Crippen LogP contribution in [0.15, 0.2) is 29.2 Å². The SMILES string of the molecule is CCC(SCC1Cc2ccccc2S1)C(=O)O. The zero-order valence-electron chi connectivity index (χ0n) is 9.76. The van der Waals surface area contributed by atoms with Gasteiger partial charge >= 0.3 is 5.97 Å². The molecule has 1 aromatic rings. The number of fused-ring (bicyclic) bond motifs is 1. The first-order valence-electron chi connectivity index (χ1n) is 5.79. The Hall–Kier alpha value is -0.610. The summed E-state index contributed by atoms with van der Waals surface area (Å²) in [6.45, 7) is 1.93. The molecular formula is C13H16O2S2. The Morgan fingerprint density at radius 3 is 3.00 bits per heavy atom. The number of hydrogen-bond acceptors (Lipinski definition) is 3. The van der Waals surface area contributed by atoms with Crippen LogP contribution in [0.3, 0.4) is 0 Å². The summed E-state index contributed by atoms with van der Waals surface area (Å²) in [5.41, 5.74) is 1.41. The van der Waals surface area contributed by atoms with Crippen molar-refractivity contribution in [2.24, 2.45) is 0 Å². The second kappa shape index (κ2) is 5.83. The Morgan fingerprint density at radius 1 is 1.59 bits per heavy atom. The van der Waals surface area contributed by atoms with E-state index in [0.717, 1.165) is 12.2 Å². The molecule has 0 aliphatic carbocycles. The predicted octanol–water partition coefficient (Wildman–Crippen LogP) is 3.30. The van der Waals surface area contributed by atoms with Crippen molar-refractivity contribution >= 4 is 29.5 Å². The molecule has 92 valence electrons. The van der Waals surface area contributed by atoms with E-state index in [0.29, 0.717) is 11.7 Å². The smallest absolute Gasteiger partial charge is 0.316 e. The van der Waals surface area contributed by atoms with Crippen LogP contribution in [0.1, 0.15) is 18.9 Å². The molecule has 0 saturated heterocycles. The highest BCUT2D eigenvalue weighted by Gasteiger charge is 2.24. The first-order valence-corrected chi connectivity index (χ1v) is 7.72. The van der Waals surface area contributed by atoms with E-state index in [1.54, 1.807) is 11.8 Å². The minimum Gasteiger partial charge on any atom is -0.480 e. The molecule has 1 aliphatic heterocycles. The summed E-state index contributed by atoms with van der Waals surface area (Å²) in [7, 11) is 0. The summed E-state index contributed by atoms with van der Waals surface area (Å²) < 4.78 is 0. The normalized spacial score (nSPS) is 19.9. The fraction of sp³-hybridized carbons (Fsp3) is 0.462. The highest BCUT2D eigenvalue weighted by Crippen LogP contribution is 2.38. The van der Waals surface area contributed by atoms with Crippen molar-refractivity contribution in [3.05, 3.63) is 29.8 Å². The Bertz CT molecular complexity index is 381. The summed E-state index contributed by atoms with van der Waals surface area (Å²) in [6.07, 6.45) is 1.77. The molecule has 1 N–H and O–H groups in total. The summed E-state index contributed by atoms with van der Waals surface area (Å²) in [5.74, 6) is 0.238. The number of carboxylic acids is 1. The highest BCUT2D eigenvalue weighted by molar-refractivity contribution is 8.04. The van der Waals surface area contributed by atoms with E-state index in [4.69, 9.17) is 5.11 Å². The Balaban J connectivity index is 1.86. The van der Waals surface area contributed by atoms with Gasteiger partial charge < -0.3 is 5.11 Å². The average Bonchev–Trinajstić information content (AvgIpc) is 2.71. The summed E-state index contributed by atoms with van der Waals surface area (Å²) in [4.78, 5) is 12.3. The van der Waals surface area contributed by atoms with Gasteiger partial charge in [-0.15, -0.1) is 23.5 Å². The van der Waals surface area contributed by atoms with Crippen LogP contribution in [0.4, 0.5) is 0 Å². The fourth-order valence-corrected chi connectivity index (χ4v) is 4.47. The van der Waals surface area contributed by atoms with Gasteiger partial charge in [0.2, 0.25) is 0 Å². The van der Waals surface area contributed by atoms with Gasteiger partial charge in [-0.2, -0.15) is 0 Å². The van der Waals surface area contributed by atoms with Crippen LogP contribution in [0.2, 0.25) is 0 Å². The monoisotopic (exact) mass is 268 g/mol. The van der Waals surface area contributed by atoms with Crippen LogP contribution in [0.5, 0.6) is 0 Å². The van der Waals surface area contributed by atoms with Gasteiger partial charge in [0.1, 0.15) is 5.25 Å². The van der Waals surface area contributed by atoms with Gasteiger partial charge in [0, 0.05) is 15.9 Å². The lowest BCUT2D eigenvalue weighted by atomic mass is 10.1. The minimum atomic E-state index is -0.682. The summed E-state index contributed by atoms with van der Waals surface area (Å²) in [6, 6.07) is 8.45. The number of carboxylic acid groups (broad SMARTS) is 1. The number of hydrogen-bond donors (Lipinski definition) is 1. The minimum absolute atomic E-state index is 0.251. The van der Waals surface area contributed by atoms with E-state index in [-0.39, 0.29) is 5.25 Å². The third-order valence-electron chi connectivity index (χ3n) is 2.84. The molecule has 0 spiro atoms. The molecule has 0 saturated carbocycles. The second-order valence-corrected chi connectivity index (χ2v) is 6.70. The Morgan fingerprint density at radius 2 is 2.35 bits per heavy atom. The van der Waals surface area contributed by atoms with E-state index < -0.39 is 5.97 Å². The van der Waals surface area contributed by atoms with Crippen LogP contribution < -0.4 is 0 Å². The fourth-order valence-electron chi connectivity index (χ4n) is 1.93. The molecule has 2 atom stereocenters. The lowest BCUT2D eigenvalue weighted by Gasteiger charge is -2.12. The molecule has 0 bridgehead atoms. The molecule has 17 heavy (non-hydrogen) atoms. The van der Waals surface area contributed by atoms with E-state index in [9.17, 15) is 4.79 Å². The molecule has 0 fully saturated rings. The third kappa shape index (κ3) is 3.19. The molecule has 2 unspecified atom stereocenters. The summed E-state index contributed by atoms with van der Waals surface area (Å²) >= 11 is 3.46. The second-order valence-electron chi connectivity index (χ2n) is 4.12. The number of aliphatic carboxylic acids is 1. The standard InChI is InChI=1S/C13H16O2S2/c1-2-11(13(14)15)16-8-10-7-9-5-3-4-6-12(9)17-10/h3-6,10-11H,2,7-8H2,1H3,(H,14,15). The third-order valence-corrected chi connectivity index (χ3v) is 5.91. The van der Waals surface area contributed by atoms with Crippen molar-refractivity contribution < 1.29 is 9.90 Å². The van der Waals surface area contributed by atoms with Crippen LogP contribution >= 0.6 is 23.5 Å². The van der Waals surface area contributed by atoms with E-state index >= 15 is 0 Å². The van der Waals surface area contributed by atoms with Crippen LogP contribution in [-0.2, 0) is 11.2 Å². The first kappa shape index (κ1) is 12.8. The molecule has 1 aromatic carbocycles. The number of rotatable bonds is 5. The molecule has 0 amide bonds. The zero-order valence-corrected chi connectivity index (χ0v) is 11.4. The van der Waals surface area contributed by atoms with Crippen molar-refractivity contribution in [1.29, 1.82) is 0 Å². The van der Waals surface area contributed by atoms with Crippen LogP contribution in [0.25, 0.3) is 0 Å². The van der Waals surface area contributed by atoms with E-state index in [1.807, 2.05) is 18.7 Å². The summed E-state index contributed by atoms with van der Waals surface area (Å²) in [5, 5.41) is 9.28. The topological polar surface area (TPSA) is 37.3 Å². The van der Waals surface area contributed by atoms with Gasteiger partial charge in [-0.3, -0.25) is 4.79 Å². The molecule has 0 radical (unpaired) electrons.